The fourth-order valence-corrected chi connectivity index (χ4v) is 5.92. The number of carboxylic acids is 1. The van der Waals surface area contributed by atoms with Gasteiger partial charge in [-0.25, -0.2) is 9.78 Å². The Kier molecular flexibility index (Phi) is 9.47. The van der Waals surface area contributed by atoms with Gasteiger partial charge in [0, 0.05) is 33.2 Å². The Morgan fingerprint density at radius 2 is 1.89 bits per heavy atom. The second kappa shape index (κ2) is 12.8. The fraction of sp³-hybridized carbons (Fsp3) is 0.345. The molecule has 0 atom stereocenters. The number of benzene rings is 2. The van der Waals surface area contributed by atoms with Crippen LogP contribution in [0.2, 0.25) is 10.0 Å². The van der Waals surface area contributed by atoms with E-state index in [1.54, 1.807) is 0 Å². The molecule has 1 heterocycles. The molecule has 9 heteroatoms. The molecule has 6 nitrogen and oxygen atoms in total. The number of halogens is 2. The summed E-state index contributed by atoms with van der Waals surface area (Å²) in [5.74, 6) is 0.124. The zero-order valence-electron chi connectivity index (χ0n) is 21.4. The Labute approximate surface area is 236 Å². The average molecular weight is 574 g/mol. The van der Waals surface area contributed by atoms with E-state index in [4.69, 9.17) is 33.0 Å². The maximum absolute atomic E-state index is 12.9. The van der Waals surface area contributed by atoms with Crippen LogP contribution in [0.25, 0.3) is 17.3 Å². The first-order chi connectivity index (χ1) is 18.2. The van der Waals surface area contributed by atoms with E-state index in [1.165, 1.54) is 68.6 Å². The number of aromatic nitrogens is 1. The zero-order valence-corrected chi connectivity index (χ0v) is 23.7. The van der Waals surface area contributed by atoms with E-state index in [0.717, 1.165) is 34.9 Å². The topological polar surface area (TPSA) is 88.5 Å². The van der Waals surface area contributed by atoms with Crippen molar-refractivity contribution in [3.05, 3.63) is 68.0 Å². The number of carbonyl (C=O) groups excluding carboxylic acids is 1. The summed E-state index contributed by atoms with van der Waals surface area (Å²) in [7, 11) is 0. The lowest BCUT2D eigenvalue weighted by molar-refractivity contribution is -0.132. The molecule has 2 aromatic carbocycles. The highest BCUT2D eigenvalue weighted by Gasteiger charge is 2.17. The van der Waals surface area contributed by atoms with Gasteiger partial charge in [-0.2, -0.15) is 0 Å². The lowest BCUT2D eigenvalue weighted by atomic mass is 9.87. The molecule has 1 aromatic heterocycles. The highest BCUT2D eigenvalue weighted by atomic mass is 35.5. The second-order valence-corrected chi connectivity index (χ2v) is 11.2. The van der Waals surface area contributed by atoms with Crippen LogP contribution in [-0.2, 0) is 4.79 Å². The van der Waals surface area contributed by atoms with Gasteiger partial charge in [0.25, 0.3) is 5.91 Å². The van der Waals surface area contributed by atoms with E-state index in [9.17, 15) is 9.59 Å². The Hall–Kier alpha value is -2.87. The van der Waals surface area contributed by atoms with Gasteiger partial charge in [0.2, 0.25) is 0 Å². The number of anilines is 1. The molecule has 3 aromatic rings. The number of thiazole rings is 1. The van der Waals surface area contributed by atoms with Gasteiger partial charge in [0.05, 0.1) is 22.3 Å². The van der Waals surface area contributed by atoms with Crippen molar-refractivity contribution in [1.82, 2.24) is 4.98 Å². The van der Waals surface area contributed by atoms with Crippen molar-refractivity contribution >= 4 is 57.6 Å². The Balaban J connectivity index is 1.43. The second-order valence-electron chi connectivity index (χ2n) is 9.55. The summed E-state index contributed by atoms with van der Waals surface area (Å²) in [4.78, 5) is 28.6. The number of aliphatic carboxylic acids is 1. The van der Waals surface area contributed by atoms with Gasteiger partial charge in [-0.1, -0.05) is 67.4 Å². The van der Waals surface area contributed by atoms with Gasteiger partial charge in [-0.05, 0) is 50.5 Å². The quantitative estimate of drug-likeness (QED) is 0.251. The minimum absolute atomic E-state index is 0.0790. The van der Waals surface area contributed by atoms with Gasteiger partial charge >= 0.3 is 5.97 Å². The molecule has 0 saturated heterocycles. The minimum atomic E-state index is -1.08. The minimum Gasteiger partial charge on any atom is -0.493 e. The molecule has 38 heavy (non-hydrogen) atoms. The molecule has 0 radical (unpaired) electrons. The van der Waals surface area contributed by atoms with Crippen LogP contribution in [0, 0.1) is 12.8 Å². The lowest BCUT2D eigenvalue weighted by Crippen LogP contribution is -2.12. The smallest absolute Gasteiger partial charge is 0.331 e. The van der Waals surface area contributed by atoms with Gasteiger partial charge in [-0.15, -0.1) is 11.3 Å². The number of carboxylic acid groups (broad SMARTS) is 1. The summed E-state index contributed by atoms with van der Waals surface area (Å²) < 4.78 is 6.14. The SMILES string of the molecule is CC(=Cc1c(Cl)cc(C(=O)Nc2nc(-c3cccc(OCCC4CCCCC4)c3C)cs2)cc1Cl)C(=O)O. The standard InChI is InChI=1S/C29H30Cl2N2O4S/c1-17(28(35)36)13-22-23(30)14-20(15-24(22)31)27(34)33-29-32-25(16-38-29)21-9-6-10-26(18(21)2)37-12-11-19-7-4-3-5-8-19/h6,9-10,13-16,19H,3-5,7-8,11-12H2,1-2H3,(H,35,36)(H,32,33,34). The van der Waals surface area contributed by atoms with E-state index in [0.29, 0.717) is 17.3 Å². The van der Waals surface area contributed by atoms with Crippen molar-refractivity contribution in [1.29, 1.82) is 0 Å². The van der Waals surface area contributed by atoms with Crippen LogP contribution in [-0.4, -0.2) is 28.6 Å². The summed E-state index contributed by atoms with van der Waals surface area (Å²) in [6, 6.07) is 8.85. The molecular weight excluding hydrogens is 543 g/mol. The zero-order chi connectivity index (χ0) is 27.2. The van der Waals surface area contributed by atoms with Crippen molar-refractivity contribution in [3.63, 3.8) is 0 Å². The van der Waals surface area contributed by atoms with Crippen molar-refractivity contribution in [2.45, 2.75) is 52.4 Å². The molecule has 0 unspecified atom stereocenters. The third kappa shape index (κ3) is 6.95. The molecule has 0 aliphatic heterocycles. The van der Waals surface area contributed by atoms with Crippen LogP contribution in [0.15, 0.2) is 41.3 Å². The van der Waals surface area contributed by atoms with Gasteiger partial charge in [-0.3, -0.25) is 10.1 Å². The number of hydrogen-bond acceptors (Lipinski definition) is 5. The summed E-state index contributed by atoms with van der Waals surface area (Å²) in [6.07, 6.45) is 9.08. The normalized spacial score (nSPS) is 14.4. The molecule has 2 N–H and O–H groups in total. The highest BCUT2D eigenvalue weighted by Crippen LogP contribution is 2.34. The molecule has 1 fully saturated rings. The first-order valence-corrected chi connectivity index (χ1v) is 14.3. The Bertz CT molecular complexity index is 1340. The van der Waals surface area contributed by atoms with E-state index < -0.39 is 11.9 Å². The summed E-state index contributed by atoms with van der Waals surface area (Å²) >= 11 is 13.9. The summed E-state index contributed by atoms with van der Waals surface area (Å²) in [5.41, 5.74) is 3.38. The molecule has 1 aliphatic rings. The van der Waals surface area contributed by atoms with Crippen LogP contribution in [0.5, 0.6) is 5.75 Å². The molecule has 0 bridgehead atoms. The van der Waals surface area contributed by atoms with Crippen molar-refractivity contribution in [3.8, 4) is 17.0 Å². The van der Waals surface area contributed by atoms with E-state index in [2.05, 4.69) is 10.3 Å². The maximum atomic E-state index is 12.9. The summed E-state index contributed by atoms with van der Waals surface area (Å²) in [5, 5.41) is 14.6. The van der Waals surface area contributed by atoms with E-state index >= 15 is 0 Å². The van der Waals surface area contributed by atoms with Crippen LogP contribution in [0.3, 0.4) is 0 Å². The Morgan fingerprint density at radius 1 is 1.18 bits per heavy atom. The van der Waals surface area contributed by atoms with Gasteiger partial charge in [0.1, 0.15) is 5.75 Å². The molecule has 1 amide bonds. The third-order valence-corrected chi connectivity index (χ3v) is 8.22. The molecule has 0 spiro atoms. The number of amides is 1. The lowest BCUT2D eigenvalue weighted by Gasteiger charge is -2.21. The number of hydrogen-bond donors (Lipinski definition) is 2. The van der Waals surface area contributed by atoms with Gasteiger partial charge in [0.15, 0.2) is 5.13 Å². The van der Waals surface area contributed by atoms with Crippen molar-refractivity contribution in [2.75, 3.05) is 11.9 Å². The van der Waals surface area contributed by atoms with Crippen LogP contribution >= 0.6 is 34.5 Å². The van der Waals surface area contributed by atoms with E-state index in [1.807, 2.05) is 30.5 Å². The number of rotatable bonds is 9. The monoisotopic (exact) mass is 572 g/mol. The number of nitrogens with one attached hydrogen (secondary N) is 1. The van der Waals surface area contributed by atoms with Crippen molar-refractivity contribution < 1.29 is 19.4 Å². The molecule has 200 valence electrons. The fourth-order valence-electron chi connectivity index (χ4n) is 4.62. The third-order valence-electron chi connectivity index (χ3n) is 6.83. The van der Waals surface area contributed by atoms with Crippen molar-refractivity contribution in [2.24, 2.45) is 5.92 Å². The molecular formula is C29H30Cl2N2O4S. The number of ether oxygens (including phenoxy) is 1. The summed E-state index contributed by atoms with van der Waals surface area (Å²) in [6.45, 7) is 4.18. The predicted octanol–water partition coefficient (Wildman–Crippen LogP) is 8.51. The molecule has 4 rings (SSSR count). The average Bonchev–Trinajstić information content (AvgIpc) is 3.35. The predicted molar refractivity (Wildman–Crippen MR) is 155 cm³/mol. The van der Waals surface area contributed by atoms with Gasteiger partial charge < -0.3 is 9.84 Å². The van der Waals surface area contributed by atoms with Crippen LogP contribution in [0.4, 0.5) is 5.13 Å². The first kappa shape index (κ1) is 28.1. The number of carbonyl (C=O) groups is 2. The Morgan fingerprint density at radius 3 is 2.58 bits per heavy atom. The van der Waals surface area contributed by atoms with Crippen LogP contribution < -0.4 is 10.1 Å². The van der Waals surface area contributed by atoms with E-state index in [-0.39, 0.29) is 21.2 Å². The highest BCUT2D eigenvalue weighted by molar-refractivity contribution is 7.14. The molecule has 1 aliphatic carbocycles. The van der Waals surface area contributed by atoms with Crippen LogP contribution in [0.1, 0.15) is 66.9 Å². The largest absolute Gasteiger partial charge is 0.493 e. The maximum Gasteiger partial charge on any atom is 0.331 e. The molecule has 1 saturated carbocycles. The number of nitrogens with zero attached hydrogens (tertiary/aromatic N) is 1. The first-order valence-electron chi connectivity index (χ1n) is 12.6.